The summed E-state index contributed by atoms with van der Waals surface area (Å²) in [4.78, 5) is 2.12. The van der Waals surface area contributed by atoms with E-state index in [0.29, 0.717) is 5.92 Å². The summed E-state index contributed by atoms with van der Waals surface area (Å²) in [6, 6.07) is 16.4. The van der Waals surface area contributed by atoms with E-state index in [0.717, 1.165) is 23.4 Å². The number of fused-ring (bicyclic) bond motifs is 1. The topological polar surface area (TPSA) is 32.7 Å². The minimum atomic E-state index is -0.633. The van der Waals surface area contributed by atoms with Gasteiger partial charge in [-0.2, -0.15) is 0 Å². The number of anilines is 1. The molecule has 3 unspecified atom stereocenters. The molecule has 1 heterocycles. The van der Waals surface area contributed by atoms with Crippen LogP contribution in [-0.2, 0) is 0 Å². The van der Waals surface area contributed by atoms with Crippen LogP contribution < -0.4 is 9.64 Å². The molecule has 0 aromatic heterocycles. The van der Waals surface area contributed by atoms with Crippen molar-refractivity contribution in [1.82, 2.24) is 0 Å². The highest BCUT2D eigenvalue weighted by Gasteiger charge is 2.40. The number of benzene rings is 2. The highest BCUT2D eigenvalue weighted by atomic mass is 16.5. The van der Waals surface area contributed by atoms with E-state index >= 15 is 0 Å². The van der Waals surface area contributed by atoms with Crippen molar-refractivity contribution in [1.29, 1.82) is 0 Å². The lowest BCUT2D eigenvalue weighted by atomic mass is 9.92. The Bertz CT molecular complexity index is 641. The Balaban J connectivity index is 2.10. The number of methoxy groups -OCH3 is 1. The molecular formula is C19H23NO2. The molecule has 0 spiro atoms. The number of hydrogen-bond donors (Lipinski definition) is 1. The minimum Gasteiger partial charge on any atom is -0.497 e. The molecule has 0 bridgehead atoms. The molecule has 1 aliphatic heterocycles. The maximum Gasteiger partial charge on any atom is 0.154 e. The van der Waals surface area contributed by atoms with Crippen LogP contribution in [0, 0.1) is 5.92 Å². The molecular weight excluding hydrogens is 274 g/mol. The molecule has 3 rings (SSSR count). The van der Waals surface area contributed by atoms with Gasteiger partial charge in [0, 0.05) is 11.3 Å². The number of aliphatic hydroxyl groups is 1. The average molecular weight is 297 g/mol. The summed E-state index contributed by atoms with van der Waals surface area (Å²) in [6.07, 6.45) is 0.429. The highest BCUT2D eigenvalue weighted by molar-refractivity contribution is 5.57. The number of ether oxygens (including phenoxy) is 1. The van der Waals surface area contributed by atoms with Crippen molar-refractivity contribution in [2.75, 3.05) is 12.0 Å². The largest absolute Gasteiger partial charge is 0.497 e. The first-order chi connectivity index (χ1) is 10.7. The van der Waals surface area contributed by atoms with Crippen molar-refractivity contribution in [3.63, 3.8) is 0 Å². The summed E-state index contributed by atoms with van der Waals surface area (Å²) in [5.74, 6) is 1.24. The molecule has 1 aliphatic rings. The zero-order valence-electron chi connectivity index (χ0n) is 13.4. The Hall–Kier alpha value is -2.00. The van der Waals surface area contributed by atoms with Crippen LogP contribution in [0.15, 0.2) is 48.5 Å². The smallest absolute Gasteiger partial charge is 0.154 e. The first-order valence-corrected chi connectivity index (χ1v) is 7.86. The Morgan fingerprint density at radius 1 is 1.14 bits per heavy atom. The van der Waals surface area contributed by atoms with Crippen molar-refractivity contribution in [2.45, 2.75) is 32.5 Å². The normalized spacial score (nSPS) is 21.5. The van der Waals surface area contributed by atoms with Gasteiger partial charge < -0.3 is 14.7 Å². The molecule has 2 aromatic rings. The van der Waals surface area contributed by atoms with E-state index in [4.69, 9.17) is 4.74 Å². The average Bonchev–Trinajstić information content (AvgIpc) is 2.87. The third-order valence-corrected chi connectivity index (χ3v) is 4.69. The maximum atomic E-state index is 10.9. The molecule has 0 aliphatic carbocycles. The second-order valence-corrected chi connectivity index (χ2v) is 5.94. The molecule has 3 heteroatoms. The van der Waals surface area contributed by atoms with Gasteiger partial charge in [0.2, 0.25) is 0 Å². The second kappa shape index (κ2) is 6.01. The van der Waals surface area contributed by atoms with Crippen LogP contribution in [0.1, 0.15) is 43.7 Å². The van der Waals surface area contributed by atoms with Gasteiger partial charge in [0.1, 0.15) is 5.75 Å². The van der Waals surface area contributed by atoms with Gasteiger partial charge in [-0.05, 0) is 35.7 Å². The van der Waals surface area contributed by atoms with E-state index in [1.807, 2.05) is 30.3 Å². The van der Waals surface area contributed by atoms with Gasteiger partial charge in [-0.1, -0.05) is 44.5 Å². The Morgan fingerprint density at radius 3 is 2.50 bits per heavy atom. The lowest BCUT2D eigenvalue weighted by molar-refractivity contribution is 0.167. The molecule has 1 N–H and O–H groups in total. The number of rotatable bonds is 4. The first-order valence-electron chi connectivity index (χ1n) is 7.86. The lowest BCUT2D eigenvalue weighted by Crippen LogP contribution is -2.29. The zero-order chi connectivity index (χ0) is 15.7. The molecule has 0 saturated heterocycles. The van der Waals surface area contributed by atoms with E-state index < -0.39 is 6.23 Å². The van der Waals surface area contributed by atoms with E-state index in [9.17, 15) is 5.11 Å². The summed E-state index contributed by atoms with van der Waals surface area (Å²) in [5, 5.41) is 10.9. The van der Waals surface area contributed by atoms with Crippen LogP contribution >= 0.6 is 0 Å². The Labute approximate surface area is 132 Å². The molecule has 22 heavy (non-hydrogen) atoms. The second-order valence-electron chi connectivity index (χ2n) is 5.94. The van der Waals surface area contributed by atoms with Crippen LogP contribution in [-0.4, -0.2) is 12.2 Å². The summed E-state index contributed by atoms with van der Waals surface area (Å²) in [5.41, 5.74) is 3.20. The van der Waals surface area contributed by atoms with Crippen LogP contribution in [0.4, 0.5) is 5.69 Å². The predicted molar refractivity (Wildman–Crippen MR) is 89.1 cm³/mol. The maximum absolute atomic E-state index is 10.9. The van der Waals surface area contributed by atoms with Crippen LogP contribution in [0.2, 0.25) is 0 Å². The fraction of sp³-hybridized carbons (Fsp3) is 0.368. The molecule has 3 nitrogen and oxygen atoms in total. The lowest BCUT2D eigenvalue weighted by Gasteiger charge is -2.33. The van der Waals surface area contributed by atoms with Gasteiger partial charge in [-0.25, -0.2) is 0 Å². The third-order valence-electron chi connectivity index (χ3n) is 4.69. The van der Waals surface area contributed by atoms with Gasteiger partial charge in [-0.3, -0.25) is 0 Å². The summed E-state index contributed by atoms with van der Waals surface area (Å²) < 4.78 is 5.32. The fourth-order valence-corrected chi connectivity index (χ4v) is 3.33. The quantitative estimate of drug-likeness (QED) is 0.913. The predicted octanol–water partition coefficient (Wildman–Crippen LogP) is 4.29. The van der Waals surface area contributed by atoms with Gasteiger partial charge in [0.15, 0.2) is 6.23 Å². The van der Waals surface area contributed by atoms with Gasteiger partial charge in [-0.15, -0.1) is 0 Å². The van der Waals surface area contributed by atoms with Gasteiger partial charge >= 0.3 is 0 Å². The Morgan fingerprint density at radius 2 is 1.86 bits per heavy atom. The van der Waals surface area contributed by atoms with Crippen LogP contribution in [0.3, 0.4) is 0 Å². The van der Waals surface area contributed by atoms with E-state index in [-0.39, 0.29) is 6.04 Å². The minimum absolute atomic E-state index is 0.184. The molecule has 0 saturated carbocycles. The summed E-state index contributed by atoms with van der Waals surface area (Å²) >= 11 is 0. The molecule has 0 radical (unpaired) electrons. The van der Waals surface area contributed by atoms with Crippen LogP contribution in [0.5, 0.6) is 5.75 Å². The first kappa shape index (κ1) is 14.9. The van der Waals surface area contributed by atoms with Crippen LogP contribution in [0.25, 0.3) is 0 Å². The fourth-order valence-electron chi connectivity index (χ4n) is 3.33. The van der Waals surface area contributed by atoms with Crippen molar-refractivity contribution < 1.29 is 9.84 Å². The highest BCUT2D eigenvalue weighted by Crippen LogP contribution is 2.48. The van der Waals surface area contributed by atoms with E-state index in [1.165, 1.54) is 5.56 Å². The molecule has 0 fully saturated rings. The standard InChI is InChI=1S/C19H23NO2/c1-4-13(2)18-16-11-10-15(22-3)12-17(16)19(21)20(18)14-8-6-5-7-9-14/h5-13,18-19,21H,4H2,1-3H3. The molecule has 2 aromatic carbocycles. The van der Waals surface area contributed by atoms with Crippen molar-refractivity contribution in [3.05, 3.63) is 59.7 Å². The number of para-hydroxylation sites is 1. The Kier molecular flexibility index (Phi) is 4.08. The summed E-state index contributed by atoms with van der Waals surface area (Å²) in [7, 11) is 1.66. The zero-order valence-corrected chi connectivity index (χ0v) is 13.4. The molecule has 3 atom stereocenters. The SMILES string of the molecule is CCC(C)C1c2ccc(OC)cc2C(O)N1c1ccccc1. The van der Waals surface area contributed by atoms with E-state index in [2.05, 4.69) is 36.9 Å². The van der Waals surface area contributed by atoms with Crippen molar-refractivity contribution in [3.8, 4) is 5.75 Å². The van der Waals surface area contributed by atoms with Gasteiger partial charge in [0.25, 0.3) is 0 Å². The molecule has 116 valence electrons. The van der Waals surface area contributed by atoms with Crippen molar-refractivity contribution in [2.24, 2.45) is 5.92 Å². The monoisotopic (exact) mass is 297 g/mol. The third kappa shape index (κ3) is 2.35. The van der Waals surface area contributed by atoms with Gasteiger partial charge in [0.05, 0.1) is 13.2 Å². The number of nitrogens with zero attached hydrogens (tertiary/aromatic N) is 1. The number of hydrogen-bond acceptors (Lipinski definition) is 3. The molecule has 0 amide bonds. The summed E-state index contributed by atoms with van der Waals surface area (Å²) in [6.45, 7) is 4.44. The van der Waals surface area contributed by atoms with Crippen molar-refractivity contribution >= 4 is 5.69 Å². The number of aliphatic hydroxyl groups excluding tert-OH is 1. The van der Waals surface area contributed by atoms with E-state index in [1.54, 1.807) is 7.11 Å².